The zero-order chi connectivity index (χ0) is 14.5. The van der Waals surface area contributed by atoms with Crippen LogP contribution < -0.4 is 5.32 Å². The minimum Gasteiger partial charge on any atom is -0.465 e. The van der Waals surface area contributed by atoms with Gasteiger partial charge in [0.05, 0.1) is 11.7 Å². The van der Waals surface area contributed by atoms with E-state index in [0.29, 0.717) is 0 Å². The predicted molar refractivity (Wildman–Crippen MR) is 80.8 cm³/mol. The van der Waals surface area contributed by atoms with Gasteiger partial charge in [-0.25, -0.2) is 0 Å². The van der Waals surface area contributed by atoms with E-state index >= 15 is 0 Å². The lowest BCUT2D eigenvalue weighted by Crippen LogP contribution is -2.24. The van der Waals surface area contributed by atoms with Crippen molar-refractivity contribution < 1.29 is 4.42 Å². The fraction of sp³-hybridized carbons (Fsp3) is 0.562. The molecule has 0 saturated carbocycles. The highest BCUT2D eigenvalue weighted by atomic mass is 16.3. The molecule has 0 aliphatic carbocycles. The van der Waals surface area contributed by atoms with Crippen LogP contribution in [0.25, 0.3) is 0 Å². The van der Waals surface area contributed by atoms with Crippen LogP contribution in [-0.4, -0.2) is 16.3 Å². The molecule has 2 aromatic rings. The normalized spacial score (nSPS) is 12.8. The molecule has 1 N–H and O–H groups in total. The van der Waals surface area contributed by atoms with Gasteiger partial charge in [-0.2, -0.15) is 5.10 Å². The molecule has 4 heteroatoms. The van der Waals surface area contributed by atoms with Gasteiger partial charge >= 0.3 is 0 Å². The Bertz CT molecular complexity index is 542. The lowest BCUT2D eigenvalue weighted by molar-refractivity contribution is 0.393. The summed E-state index contributed by atoms with van der Waals surface area (Å²) < 4.78 is 7.78. The molecule has 0 aromatic carbocycles. The summed E-state index contributed by atoms with van der Waals surface area (Å²) in [5.41, 5.74) is 2.39. The number of rotatable bonds is 7. The van der Waals surface area contributed by atoms with Crippen molar-refractivity contribution in [1.82, 2.24) is 15.1 Å². The zero-order valence-electron chi connectivity index (χ0n) is 12.9. The number of furan rings is 1. The Hall–Kier alpha value is -1.55. The Kier molecular flexibility index (Phi) is 5.01. The molecule has 1 atom stereocenters. The van der Waals surface area contributed by atoms with Crippen LogP contribution in [0.15, 0.2) is 22.6 Å². The van der Waals surface area contributed by atoms with Gasteiger partial charge in [-0.3, -0.25) is 4.68 Å². The third-order valence-corrected chi connectivity index (χ3v) is 3.55. The van der Waals surface area contributed by atoms with Gasteiger partial charge in [-0.05, 0) is 44.5 Å². The highest BCUT2D eigenvalue weighted by molar-refractivity contribution is 5.16. The largest absolute Gasteiger partial charge is 0.465 e. The minimum atomic E-state index is 0.212. The molecule has 0 aliphatic rings. The topological polar surface area (TPSA) is 43.0 Å². The van der Waals surface area contributed by atoms with E-state index in [2.05, 4.69) is 36.4 Å². The van der Waals surface area contributed by atoms with Crippen LogP contribution in [0.1, 0.15) is 49.2 Å². The molecule has 110 valence electrons. The van der Waals surface area contributed by atoms with E-state index < -0.39 is 0 Å². The van der Waals surface area contributed by atoms with Gasteiger partial charge in [0.2, 0.25) is 0 Å². The molecule has 4 nitrogen and oxygen atoms in total. The molecule has 2 aromatic heterocycles. The van der Waals surface area contributed by atoms with Gasteiger partial charge in [-0.15, -0.1) is 0 Å². The molecule has 20 heavy (non-hydrogen) atoms. The highest BCUT2D eigenvalue weighted by Crippen LogP contribution is 2.21. The van der Waals surface area contributed by atoms with Gasteiger partial charge in [-0.1, -0.05) is 13.8 Å². The van der Waals surface area contributed by atoms with Crippen molar-refractivity contribution in [3.63, 3.8) is 0 Å². The monoisotopic (exact) mass is 275 g/mol. The molecule has 0 saturated heterocycles. The van der Waals surface area contributed by atoms with Gasteiger partial charge in [0.1, 0.15) is 11.5 Å². The van der Waals surface area contributed by atoms with E-state index in [0.717, 1.165) is 43.0 Å². The highest BCUT2D eigenvalue weighted by Gasteiger charge is 2.17. The number of aryl methyl sites for hydroxylation is 3. The van der Waals surface area contributed by atoms with Crippen molar-refractivity contribution in [2.24, 2.45) is 7.05 Å². The molecular weight excluding hydrogens is 250 g/mol. The van der Waals surface area contributed by atoms with Crippen molar-refractivity contribution in [3.8, 4) is 0 Å². The van der Waals surface area contributed by atoms with E-state index in [1.807, 2.05) is 24.7 Å². The van der Waals surface area contributed by atoms with Crippen LogP contribution in [0, 0.1) is 6.92 Å². The second-order valence-corrected chi connectivity index (χ2v) is 5.26. The second kappa shape index (κ2) is 6.75. The summed E-state index contributed by atoms with van der Waals surface area (Å²) in [6.07, 6.45) is 2.99. The fourth-order valence-electron chi connectivity index (χ4n) is 2.38. The Morgan fingerprint density at radius 3 is 2.70 bits per heavy atom. The summed E-state index contributed by atoms with van der Waals surface area (Å²) >= 11 is 0. The predicted octanol–water partition coefficient (Wildman–Crippen LogP) is 3.17. The van der Waals surface area contributed by atoms with Gasteiger partial charge < -0.3 is 9.73 Å². The quantitative estimate of drug-likeness (QED) is 0.844. The summed E-state index contributed by atoms with van der Waals surface area (Å²) in [5.74, 6) is 1.97. The lowest BCUT2D eigenvalue weighted by Gasteiger charge is -2.16. The number of aromatic nitrogens is 2. The molecule has 0 radical (unpaired) electrons. The van der Waals surface area contributed by atoms with Crippen molar-refractivity contribution >= 4 is 0 Å². The molecule has 0 fully saturated rings. The van der Waals surface area contributed by atoms with E-state index in [1.54, 1.807) is 0 Å². The van der Waals surface area contributed by atoms with Crippen molar-refractivity contribution in [2.75, 3.05) is 6.54 Å². The zero-order valence-corrected chi connectivity index (χ0v) is 12.9. The van der Waals surface area contributed by atoms with Crippen LogP contribution >= 0.6 is 0 Å². The van der Waals surface area contributed by atoms with Gasteiger partial charge in [0.15, 0.2) is 0 Å². The van der Waals surface area contributed by atoms with Crippen LogP contribution in [-0.2, 0) is 19.9 Å². The van der Waals surface area contributed by atoms with Crippen LogP contribution in [0.4, 0.5) is 0 Å². The first-order chi connectivity index (χ1) is 9.63. The smallest absolute Gasteiger partial charge is 0.121 e. The molecular formula is C16H25N3O. The molecule has 2 rings (SSSR count). The first-order valence-corrected chi connectivity index (χ1v) is 7.45. The molecule has 0 spiro atoms. The van der Waals surface area contributed by atoms with Gasteiger partial charge in [0.25, 0.3) is 0 Å². The summed E-state index contributed by atoms with van der Waals surface area (Å²) in [4.78, 5) is 0. The van der Waals surface area contributed by atoms with E-state index in [1.165, 1.54) is 5.69 Å². The van der Waals surface area contributed by atoms with Crippen LogP contribution in [0.3, 0.4) is 0 Å². The minimum absolute atomic E-state index is 0.212. The SMILES string of the molecule is CCCNC(Cc1cc(CC)nn1C)c1ccc(C)o1. The average molecular weight is 275 g/mol. The maximum absolute atomic E-state index is 5.80. The summed E-state index contributed by atoms with van der Waals surface area (Å²) in [6.45, 7) is 7.29. The van der Waals surface area contributed by atoms with Crippen molar-refractivity contribution in [1.29, 1.82) is 0 Å². The maximum atomic E-state index is 5.80. The Morgan fingerprint density at radius 1 is 1.35 bits per heavy atom. The molecule has 1 unspecified atom stereocenters. The Labute approximate surface area is 121 Å². The van der Waals surface area contributed by atoms with Crippen molar-refractivity contribution in [3.05, 3.63) is 41.1 Å². The number of hydrogen-bond acceptors (Lipinski definition) is 3. The summed E-state index contributed by atoms with van der Waals surface area (Å²) in [5, 5.41) is 8.09. The third kappa shape index (κ3) is 3.51. The molecule has 2 heterocycles. The summed E-state index contributed by atoms with van der Waals surface area (Å²) in [7, 11) is 2.01. The number of nitrogens with zero attached hydrogens (tertiary/aromatic N) is 2. The first kappa shape index (κ1) is 14.9. The van der Waals surface area contributed by atoms with Crippen LogP contribution in [0.2, 0.25) is 0 Å². The molecule has 0 bridgehead atoms. The first-order valence-electron chi connectivity index (χ1n) is 7.45. The van der Waals surface area contributed by atoms with Crippen LogP contribution in [0.5, 0.6) is 0 Å². The Morgan fingerprint density at radius 2 is 2.15 bits per heavy atom. The van der Waals surface area contributed by atoms with Gasteiger partial charge in [0, 0.05) is 19.2 Å². The number of hydrogen-bond donors (Lipinski definition) is 1. The standard InChI is InChI=1S/C16H25N3O/c1-5-9-17-15(16-8-7-12(3)20-16)11-14-10-13(6-2)18-19(14)4/h7-8,10,15,17H,5-6,9,11H2,1-4H3. The second-order valence-electron chi connectivity index (χ2n) is 5.26. The fourth-order valence-corrected chi connectivity index (χ4v) is 2.38. The van der Waals surface area contributed by atoms with Crippen molar-refractivity contribution in [2.45, 2.75) is 46.1 Å². The van der Waals surface area contributed by atoms with E-state index in [9.17, 15) is 0 Å². The number of nitrogens with one attached hydrogen (secondary N) is 1. The maximum Gasteiger partial charge on any atom is 0.121 e. The molecule has 0 aliphatic heterocycles. The van der Waals surface area contributed by atoms with E-state index in [4.69, 9.17) is 4.42 Å². The summed E-state index contributed by atoms with van der Waals surface area (Å²) in [6, 6.07) is 6.50. The average Bonchev–Trinajstić information content (AvgIpc) is 3.01. The lowest BCUT2D eigenvalue weighted by atomic mass is 10.1. The van der Waals surface area contributed by atoms with E-state index in [-0.39, 0.29) is 6.04 Å². The molecule has 0 amide bonds. The third-order valence-electron chi connectivity index (χ3n) is 3.55. The Balaban J connectivity index is 2.16.